The van der Waals surface area contributed by atoms with Crippen molar-refractivity contribution in [1.82, 2.24) is 4.98 Å². The maximum atomic E-state index is 12.3. The lowest BCUT2D eigenvalue weighted by atomic mass is 10.2. The zero-order valence-corrected chi connectivity index (χ0v) is 11.3. The number of nitrogens with zero attached hydrogens (tertiary/aromatic N) is 1. The van der Waals surface area contributed by atoms with E-state index in [1.165, 1.54) is 0 Å². The van der Waals surface area contributed by atoms with Crippen molar-refractivity contribution < 1.29 is 32.2 Å². The molecule has 1 rings (SSSR count). The summed E-state index contributed by atoms with van der Waals surface area (Å²) in [5.74, 6) is -2.20. The van der Waals surface area contributed by atoms with E-state index in [1.54, 1.807) is 6.92 Å². The second kappa shape index (κ2) is 6.65. The number of ether oxygens (including phenoxy) is 3. The van der Waals surface area contributed by atoms with Gasteiger partial charge in [0.15, 0.2) is 11.4 Å². The minimum absolute atomic E-state index is 0.0454. The van der Waals surface area contributed by atoms with Gasteiger partial charge in [-0.2, -0.15) is 0 Å². The lowest BCUT2D eigenvalue weighted by Crippen LogP contribution is -2.20. The molecule has 20 heavy (non-hydrogen) atoms. The molecule has 0 aliphatic heterocycles. The molecule has 1 heterocycles. The van der Waals surface area contributed by atoms with Crippen LogP contribution in [0.1, 0.15) is 23.0 Å². The van der Waals surface area contributed by atoms with Crippen LogP contribution in [0, 0.1) is 0 Å². The number of rotatable bonds is 5. The molecule has 0 bridgehead atoms. The number of pyridine rings is 1. The maximum Gasteiger partial charge on any atom is 0.574 e. The van der Waals surface area contributed by atoms with Gasteiger partial charge in [-0.25, -0.2) is 9.78 Å². The van der Waals surface area contributed by atoms with Gasteiger partial charge in [-0.1, -0.05) is 0 Å². The molecule has 9 heteroatoms. The molecule has 0 fully saturated rings. The zero-order valence-electron chi connectivity index (χ0n) is 10.6. The molecule has 0 atom stereocenters. The first-order valence-electron chi connectivity index (χ1n) is 5.39. The molecule has 0 amide bonds. The van der Waals surface area contributed by atoms with Gasteiger partial charge in [-0.3, -0.25) is 0 Å². The van der Waals surface area contributed by atoms with Crippen LogP contribution in [0.3, 0.4) is 0 Å². The predicted molar refractivity (Wildman–Crippen MR) is 63.0 cm³/mol. The van der Waals surface area contributed by atoms with Crippen LogP contribution in [0.2, 0.25) is 0 Å². The molecule has 0 saturated carbocycles. The Balaban J connectivity index is 3.29. The third-order valence-corrected chi connectivity index (χ3v) is 2.37. The molecule has 5 nitrogen and oxygen atoms in total. The number of carbonyl (C=O) groups is 1. The summed E-state index contributed by atoms with van der Waals surface area (Å²) >= 11 is 5.62. The quantitative estimate of drug-likeness (QED) is 0.618. The van der Waals surface area contributed by atoms with Gasteiger partial charge in [0.1, 0.15) is 0 Å². The van der Waals surface area contributed by atoms with Gasteiger partial charge in [0, 0.05) is 11.4 Å². The lowest BCUT2D eigenvalue weighted by molar-refractivity contribution is -0.276. The number of esters is 1. The van der Waals surface area contributed by atoms with E-state index in [4.69, 9.17) is 21.1 Å². The van der Waals surface area contributed by atoms with Crippen molar-refractivity contribution in [3.05, 3.63) is 17.3 Å². The highest BCUT2D eigenvalue weighted by Gasteiger charge is 2.34. The Hall–Kier alpha value is -1.70. The Morgan fingerprint density at radius 2 is 2.10 bits per heavy atom. The number of hydrogen-bond donors (Lipinski definition) is 0. The standard InChI is InChI=1S/C11H11ClF3NO4/c1-3-19-10(17)8-6(5-12)4-7(18-2)9(16-8)20-11(13,14)15/h4H,3,5H2,1-2H3. The Morgan fingerprint density at radius 3 is 2.55 bits per heavy atom. The fourth-order valence-electron chi connectivity index (χ4n) is 1.32. The van der Waals surface area contributed by atoms with Crippen molar-refractivity contribution >= 4 is 17.6 Å². The van der Waals surface area contributed by atoms with Gasteiger partial charge in [-0.05, 0) is 13.0 Å². The Bertz CT molecular complexity index is 493. The van der Waals surface area contributed by atoms with Crippen molar-refractivity contribution in [3.63, 3.8) is 0 Å². The average molecular weight is 314 g/mol. The average Bonchev–Trinajstić information content (AvgIpc) is 2.36. The monoisotopic (exact) mass is 313 g/mol. The molecular weight excluding hydrogens is 303 g/mol. The highest BCUT2D eigenvalue weighted by Crippen LogP contribution is 2.32. The van der Waals surface area contributed by atoms with E-state index in [-0.39, 0.29) is 29.5 Å². The van der Waals surface area contributed by atoms with E-state index in [0.29, 0.717) is 0 Å². The van der Waals surface area contributed by atoms with E-state index < -0.39 is 18.2 Å². The molecule has 0 saturated heterocycles. The second-order valence-electron chi connectivity index (χ2n) is 3.41. The number of aromatic nitrogens is 1. The molecule has 0 aliphatic rings. The molecule has 0 N–H and O–H groups in total. The van der Waals surface area contributed by atoms with E-state index in [0.717, 1.165) is 13.2 Å². The number of hydrogen-bond acceptors (Lipinski definition) is 5. The summed E-state index contributed by atoms with van der Waals surface area (Å²) in [5, 5.41) is 0. The summed E-state index contributed by atoms with van der Waals surface area (Å²) in [7, 11) is 1.14. The normalized spacial score (nSPS) is 11.1. The first-order chi connectivity index (χ1) is 9.32. The van der Waals surface area contributed by atoms with Crippen LogP contribution in [0.5, 0.6) is 11.6 Å². The molecule has 0 aromatic carbocycles. The second-order valence-corrected chi connectivity index (χ2v) is 3.67. The van der Waals surface area contributed by atoms with Crippen LogP contribution in [-0.4, -0.2) is 31.0 Å². The minimum atomic E-state index is -4.96. The largest absolute Gasteiger partial charge is 0.574 e. The number of methoxy groups -OCH3 is 1. The molecule has 1 aromatic heterocycles. The van der Waals surface area contributed by atoms with Crippen LogP contribution in [0.4, 0.5) is 13.2 Å². The Labute approximate surface area is 117 Å². The van der Waals surface area contributed by atoms with E-state index in [2.05, 4.69) is 9.72 Å². The van der Waals surface area contributed by atoms with Crippen molar-refractivity contribution in [2.75, 3.05) is 13.7 Å². The van der Waals surface area contributed by atoms with Crippen LogP contribution in [-0.2, 0) is 10.6 Å². The molecule has 0 aliphatic carbocycles. The van der Waals surface area contributed by atoms with Crippen molar-refractivity contribution in [2.45, 2.75) is 19.2 Å². The zero-order chi connectivity index (χ0) is 15.3. The van der Waals surface area contributed by atoms with Gasteiger partial charge < -0.3 is 14.2 Å². The Kier molecular flexibility index (Phi) is 5.43. The molecule has 0 unspecified atom stereocenters. The van der Waals surface area contributed by atoms with Crippen LogP contribution < -0.4 is 9.47 Å². The lowest BCUT2D eigenvalue weighted by Gasteiger charge is -2.14. The first kappa shape index (κ1) is 16.4. The van der Waals surface area contributed by atoms with Crippen molar-refractivity contribution in [1.29, 1.82) is 0 Å². The summed E-state index contributed by atoms with van der Waals surface area (Å²) in [6.45, 7) is 1.60. The summed E-state index contributed by atoms with van der Waals surface area (Å²) in [5.41, 5.74) is -0.168. The van der Waals surface area contributed by atoms with Crippen LogP contribution in [0.25, 0.3) is 0 Å². The van der Waals surface area contributed by atoms with Crippen molar-refractivity contribution in [2.24, 2.45) is 0 Å². The van der Waals surface area contributed by atoms with E-state index in [1.807, 2.05) is 0 Å². The van der Waals surface area contributed by atoms with Crippen molar-refractivity contribution in [3.8, 4) is 11.6 Å². The molecule has 0 spiro atoms. The van der Waals surface area contributed by atoms with Crippen LogP contribution >= 0.6 is 11.6 Å². The third-order valence-electron chi connectivity index (χ3n) is 2.08. The molecule has 0 radical (unpaired) electrons. The van der Waals surface area contributed by atoms with Gasteiger partial charge in [-0.15, -0.1) is 24.8 Å². The number of halogens is 4. The number of carbonyl (C=O) groups excluding carboxylic acids is 1. The summed E-state index contributed by atoms with van der Waals surface area (Å²) in [4.78, 5) is 15.1. The summed E-state index contributed by atoms with van der Waals surface area (Å²) < 4.78 is 49.9. The van der Waals surface area contributed by atoms with Gasteiger partial charge in [0.2, 0.25) is 0 Å². The number of alkyl halides is 4. The van der Waals surface area contributed by atoms with Gasteiger partial charge in [0.25, 0.3) is 5.88 Å². The third kappa shape index (κ3) is 4.16. The molecule has 1 aromatic rings. The SMILES string of the molecule is CCOC(=O)c1nc(OC(F)(F)F)c(OC)cc1CCl. The predicted octanol–water partition coefficient (Wildman–Crippen LogP) is 2.90. The van der Waals surface area contributed by atoms with Gasteiger partial charge >= 0.3 is 12.3 Å². The van der Waals surface area contributed by atoms with Gasteiger partial charge in [0.05, 0.1) is 13.7 Å². The smallest absolute Gasteiger partial charge is 0.491 e. The highest BCUT2D eigenvalue weighted by atomic mass is 35.5. The van der Waals surface area contributed by atoms with E-state index in [9.17, 15) is 18.0 Å². The molecular formula is C11H11ClF3NO4. The first-order valence-corrected chi connectivity index (χ1v) is 5.92. The Morgan fingerprint density at radius 1 is 1.45 bits per heavy atom. The topological polar surface area (TPSA) is 57.7 Å². The van der Waals surface area contributed by atoms with Crippen LogP contribution in [0.15, 0.2) is 6.07 Å². The summed E-state index contributed by atoms with van der Waals surface area (Å²) in [6.07, 6.45) is -4.96. The van der Waals surface area contributed by atoms with E-state index >= 15 is 0 Å². The highest BCUT2D eigenvalue weighted by molar-refractivity contribution is 6.17. The summed E-state index contributed by atoms with van der Waals surface area (Å²) in [6, 6.07) is 1.15. The molecule has 112 valence electrons. The fraction of sp³-hybridized carbons (Fsp3) is 0.455. The minimum Gasteiger partial charge on any atom is -0.491 e. The fourth-order valence-corrected chi connectivity index (χ4v) is 1.53. The maximum absolute atomic E-state index is 12.3.